The van der Waals surface area contributed by atoms with Crippen LogP contribution in [0, 0.1) is 0 Å². The molecule has 0 radical (unpaired) electrons. The van der Waals surface area contributed by atoms with Crippen LogP contribution in [-0.2, 0) is 26.2 Å². The summed E-state index contributed by atoms with van der Waals surface area (Å²) in [5.41, 5.74) is 1.20. The van der Waals surface area contributed by atoms with Crippen molar-refractivity contribution in [2.24, 2.45) is 0 Å². The molecule has 1 N–H and O–H groups in total. The van der Waals surface area contributed by atoms with Crippen LogP contribution in [0.25, 0.3) is 0 Å². The van der Waals surface area contributed by atoms with Crippen LogP contribution in [0.1, 0.15) is 45.6 Å². The van der Waals surface area contributed by atoms with Crippen LogP contribution in [0.4, 0.5) is 5.69 Å². The van der Waals surface area contributed by atoms with E-state index < -0.39 is 16.1 Å². The van der Waals surface area contributed by atoms with Crippen LogP contribution in [0.3, 0.4) is 0 Å². The van der Waals surface area contributed by atoms with Crippen molar-refractivity contribution in [1.82, 2.24) is 10.2 Å². The van der Waals surface area contributed by atoms with Gasteiger partial charge in [-0.05, 0) is 56.5 Å². The lowest BCUT2D eigenvalue weighted by molar-refractivity contribution is -0.140. The summed E-state index contributed by atoms with van der Waals surface area (Å²) in [6.45, 7) is 5.80. The SMILES string of the molecule is CC[C@@H](C)NC(=O)[C@@H](C)N(Cc1ccc(Cl)cc1Cl)C(=O)CCCN(c1ccccc1)S(C)(=O)=O. The van der Waals surface area contributed by atoms with E-state index in [-0.39, 0.29) is 43.8 Å². The molecule has 0 unspecified atom stereocenters. The monoisotopic (exact) mass is 541 g/mol. The Morgan fingerprint density at radius 3 is 2.29 bits per heavy atom. The Labute approximate surface area is 218 Å². The van der Waals surface area contributed by atoms with Gasteiger partial charge in [0.1, 0.15) is 6.04 Å². The van der Waals surface area contributed by atoms with Crippen molar-refractivity contribution in [3.05, 3.63) is 64.1 Å². The average molecular weight is 543 g/mol. The Morgan fingerprint density at radius 2 is 1.71 bits per heavy atom. The maximum atomic E-state index is 13.3. The first-order valence-electron chi connectivity index (χ1n) is 11.5. The molecule has 0 spiro atoms. The highest BCUT2D eigenvalue weighted by atomic mass is 35.5. The van der Waals surface area contributed by atoms with E-state index in [1.165, 1.54) is 9.21 Å². The molecule has 2 amide bonds. The zero-order chi connectivity index (χ0) is 26.2. The van der Waals surface area contributed by atoms with Crippen molar-refractivity contribution in [2.75, 3.05) is 17.1 Å². The molecular weight excluding hydrogens is 509 g/mol. The highest BCUT2D eigenvalue weighted by molar-refractivity contribution is 7.92. The van der Waals surface area contributed by atoms with E-state index >= 15 is 0 Å². The summed E-state index contributed by atoms with van der Waals surface area (Å²) in [7, 11) is -3.53. The molecule has 0 fully saturated rings. The highest BCUT2D eigenvalue weighted by Crippen LogP contribution is 2.24. The lowest BCUT2D eigenvalue weighted by atomic mass is 10.1. The summed E-state index contributed by atoms with van der Waals surface area (Å²) < 4.78 is 25.9. The van der Waals surface area contributed by atoms with Crippen LogP contribution in [0.15, 0.2) is 48.5 Å². The third-order valence-corrected chi connectivity index (χ3v) is 7.50. The number of carbonyl (C=O) groups is 2. The van der Waals surface area contributed by atoms with E-state index in [0.29, 0.717) is 21.3 Å². The molecule has 0 aliphatic rings. The Bertz CT molecular complexity index is 1110. The molecule has 0 heterocycles. The maximum absolute atomic E-state index is 13.3. The minimum absolute atomic E-state index is 0.0322. The molecule has 0 aliphatic carbocycles. The third kappa shape index (κ3) is 8.70. The number of hydrogen-bond acceptors (Lipinski definition) is 4. The molecule has 10 heteroatoms. The van der Waals surface area contributed by atoms with Crippen molar-refractivity contribution in [3.8, 4) is 0 Å². The maximum Gasteiger partial charge on any atom is 0.242 e. The van der Waals surface area contributed by atoms with Gasteiger partial charge < -0.3 is 10.2 Å². The number of sulfonamides is 1. The fourth-order valence-electron chi connectivity index (χ4n) is 3.48. The zero-order valence-corrected chi connectivity index (χ0v) is 22.8. The molecule has 7 nitrogen and oxygen atoms in total. The first-order chi connectivity index (χ1) is 16.4. The second kappa shape index (κ2) is 13.1. The summed E-state index contributed by atoms with van der Waals surface area (Å²) >= 11 is 12.3. The second-order valence-electron chi connectivity index (χ2n) is 8.53. The van der Waals surface area contributed by atoms with E-state index in [1.807, 2.05) is 13.8 Å². The zero-order valence-electron chi connectivity index (χ0n) is 20.5. The number of anilines is 1. The minimum atomic E-state index is -3.53. The number of rotatable bonds is 12. The molecule has 0 saturated carbocycles. The smallest absolute Gasteiger partial charge is 0.242 e. The summed E-state index contributed by atoms with van der Waals surface area (Å²) in [5.74, 6) is -0.538. The number of para-hydroxylation sites is 1. The molecule has 2 aromatic carbocycles. The molecular formula is C25H33Cl2N3O4S. The topological polar surface area (TPSA) is 86.8 Å². The van der Waals surface area contributed by atoms with Crippen molar-refractivity contribution >= 4 is 50.7 Å². The van der Waals surface area contributed by atoms with Crippen LogP contribution in [-0.4, -0.2) is 50.0 Å². The molecule has 35 heavy (non-hydrogen) atoms. The van der Waals surface area contributed by atoms with Gasteiger partial charge in [0.15, 0.2) is 0 Å². The quantitative estimate of drug-likeness (QED) is 0.415. The van der Waals surface area contributed by atoms with Gasteiger partial charge in [-0.15, -0.1) is 0 Å². The largest absolute Gasteiger partial charge is 0.352 e. The predicted molar refractivity (Wildman–Crippen MR) is 142 cm³/mol. The van der Waals surface area contributed by atoms with Crippen molar-refractivity contribution < 1.29 is 18.0 Å². The molecule has 2 atom stereocenters. The molecule has 0 aromatic heterocycles. The second-order valence-corrected chi connectivity index (χ2v) is 11.3. The molecule has 2 rings (SSSR count). The molecule has 192 valence electrons. The summed E-state index contributed by atoms with van der Waals surface area (Å²) in [6.07, 6.45) is 2.24. The van der Waals surface area contributed by atoms with Gasteiger partial charge in [-0.3, -0.25) is 13.9 Å². The van der Waals surface area contributed by atoms with E-state index in [2.05, 4.69) is 5.32 Å². The van der Waals surface area contributed by atoms with Crippen LogP contribution in [0.5, 0.6) is 0 Å². The van der Waals surface area contributed by atoms with Gasteiger partial charge in [0.25, 0.3) is 0 Å². The van der Waals surface area contributed by atoms with E-state index in [0.717, 1.165) is 12.7 Å². The number of hydrogen-bond donors (Lipinski definition) is 1. The minimum Gasteiger partial charge on any atom is -0.352 e. The normalized spacial score (nSPS) is 13.1. The van der Waals surface area contributed by atoms with E-state index in [1.54, 1.807) is 55.5 Å². The van der Waals surface area contributed by atoms with Gasteiger partial charge in [-0.25, -0.2) is 8.42 Å². The predicted octanol–water partition coefficient (Wildman–Crippen LogP) is 4.87. The Morgan fingerprint density at radius 1 is 1.06 bits per heavy atom. The molecule has 0 aliphatic heterocycles. The number of nitrogens with one attached hydrogen (secondary N) is 1. The van der Waals surface area contributed by atoms with Gasteiger partial charge >= 0.3 is 0 Å². The Kier molecular flexibility index (Phi) is 10.9. The summed E-state index contributed by atoms with van der Waals surface area (Å²) in [4.78, 5) is 27.6. The van der Waals surface area contributed by atoms with E-state index in [4.69, 9.17) is 23.2 Å². The molecule has 0 bridgehead atoms. The number of halogens is 2. The fourth-order valence-corrected chi connectivity index (χ4v) is 4.91. The van der Waals surface area contributed by atoms with Crippen LogP contribution >= 0.6 is 23.2 Å². The number of benzene rings is 2. The van der Waals surface area contributed by atoms with Crippen LogP contribution < -0.4 is 9.62 Å². The van der Waals surface area contributed by atoms with Gasteiger partial charge in [0.2, 0.25) is 21.8 Å². The highest BCUT2D eigenvalue weighted by Gasteiger charge is 2.27. The first kappa shape index (κ1) is 28.9. The van der Waals surface area contributed by atoms with Crippen molar-refractivity contribution in [2.45, 2.75) is 58.7 Å². The van der Waals surface area contributed by atoms with Gasteiger partial charge in [-0.2, -0.15) is 0 Å². The van der Waals surface area contributed by atoms with Gasteiger partial charge in [0.05, 0.1) is 11.9 Å². The lowest BCUT2D eigenvalue weighted by Gasteiger charge is -2.30. The van der Waals surface area contributed by atoms with E-state index in [9.17, 15) is 18.0 Å². The Hall–Kier alpha value is -2.29. The summed E-state index contributed by atoms with van der Waals surface area (Å²) in [5, 5.41) is 3.79. The standard InChI is InChI=1S/C25H33Cl2N3O4S/c1-5-18(2)28-25(32)19(3)29(17-20-13-14-21(26)16-23(20)27)24(31)12-9-15-30(35(4,33)34)22-10-7-6-8-11-22/h6-8,10-11,13-14,16,18-19H,5,9,12,15,17H2,1-4H3,(H,28,32)/t18-,19-/m1/s1. The fraction of sp³-hybridized carbons (Fsp3) is 0.440. The van der Waals surface area contributed by atoms with Crippen molar-refractivity contribution in [1.29, 1.82) is 0 Å². The third-order valence-electron chi connectivity index (χ3n) is 5.72. The van der Waals surface area contributed by atoms with Gasteiger partial charge in [-0.1, -0.05) is 54.4 Å². The van der Waals surface area contributed by atoms with Crippen LogP contribution in [0.2, 0.25) is 10.0 Å². The van der Waals surface area contributed by atoms with Crippen molar-refractivity contribution in [3.63, 3.8) is 0 Å². The number of carbonyl (C=O) groups excluding carboxylic acids is 2. The first-order valence-corrected chi connectivity index (χ1v) is 14.1. The Balaban J connectivity index is 2.19. The average Bonchev–Trinajstić information content (AvgIpc) is 2.80. The molecule has 0 saturated heterocycles. The lowest BCUT2D eigenvalue weighted by Crippen LogP contribution is -2.49. The summed E-state index contributed by atoms with van der Waals surface area (Å²) in [6, 6.07) is 13.0. The molecule has 2 aromatic rings. The number of nitrogens with zero attached hydrogens (tertiary/aromatic N) is 2. The number of amides is 2. The van der Waals surface area contributed by atoms with Gasteiger partial charge in [0, 0.05) is 35.6 Å².